The van der Waals surface area contributed by atoms with Crippen molar-refractivity contribution in [2.45, 2.75) is 31.7 Å². The van der Waals surface area contributed by atoms with Gasteiger partial charge in [-0.05, 0) is 48.1 Å². The fourth-order valence-corrected chi connectivity index (χ4v) is 2.97. The summed E-state index contributed by atoms with van der Waals surface area (Å²) < 4.78 is 0. The molecule has 1 aliphatic rings. The first-order valence-electron chi connectivity index (χ1n) is 7.44. The molecule has 0 heterocycles. The molecule has 0 aromatic heterocycles. The second-order valence-corrected chi connectivity index (χ2v) is 5.63. The number of nitrogen functional groups attached to an aromatic ring is 1. The maximum Gasteiger partial charge on any atom is 0.224 e. The summed E-state index contributed by atoms with van der Waals surface area (Å²) in [5.74, 6) is 0.0708. The van der Waals surface area contributed by atoms with Crippen LogP contribution in [0, 0.1) is 0 Å². The largest absolute Gasteiger partial charge is 0.399 e. The van der Waals surface area contributed by atoms with Gasteiger partial charge >= 0.3 is 0 Å². The molecule has 0 fully saturated rings. The number of benzene rings is 2. The second-order valence-electron chi connectivity index (χ2n) is 5.63. The van der Waals surface area contributed by atoms with Crippen molar-refractivity contribution in [2.24, 2.45) is 0 Å². The van der Waals surface area contributed by atoms with E-state index in [1.807, 2.05) is 30.3 Å². The molecular formula is C18H20N2O. The van der Waals surface area contributed by atoms with Gasteiger partial charge in [-0.3, -0.25) is 4.79 Å². The quantitative estimate of drug-likeness (QED) is 0.849. The molecular weight excluding hydrogens is 260 g/mol. The number of aryl methyl sites for hydroxylation is 1. The van der Waals surface area contributed by atoms with Crippen molar-refractivity contribution in [3.8, 4) is 0 Å². The first-order valence-corrected chi connectivity index (χ1v) is 7.44. The molecule has 21 heavy (non-hydrogen) atoms. The Morgan fingerprint density at radius 1 is 1.14 bits per heavy atom. The van der Waals surface area contributed by atoms with Crippen LogP contribution in [0.5, 0.6) is 0 Å². The molecule has 0 saturated carbocycles. The maximum atomic E-state index is 12.2. The first-order chi connectivity index (χ1) is 10.2. The van der Waals surface area contributed by atoms with E-state index in [1.165, 1.54) is 11.1 Å². The van der Waals surface area contributed by atoms with Crippen LogP contribution in [0.25, 0.3) is 0 Å². The Labute approximate surface area is 125 Å². The highest BCUT2D eigenvalue weighted by atomic mass is 16.1. The van der Waals surface area contributed by atoms with E-state index in [9.17, 15) is 4.79 Å². The molecule has 0 aliphatic heterocycles. The average molecular weight is 280 g/mol. The van der Waals surface area contributed by atoms with E-state index in [1.54, 1.807) is 0 Å². The molecule has 3 nitrogen and oxygen atoms in total. The van der Waals surface area contributed by atoms with Crippen LogP contribution < -0.4 is 11.1 Å². The first kappa shape index (κ1) is 13.7. The lowest BCUT2D eigenvalue weighted by Crippen LogP contribution is -2.32. The number of nitrogens with two attached hydrogens (primary N) is 1. The van der Waals surface area contributed by atoms with Gasteiger partial charge < -0.3 is 11.1 Å². The topological polar surface area (TPSA) is 55.1 Å². The number of anilines is 1. The lowest BCUT2D eigenvalue weighted by Gasteiger charge is -2.26. The molecule has 1 amide bonds. The molecule has 3 heteroatoms. The van der Waals surface area contributed by atoms with Crippen molar-refractivity contribution in [3.63, 3.8) is 0 Å². The van der Waals surface area contributed by atoms with E-state index in [0.29, 0.717) is 6.42 Å². The summed E-state index contributed by atoms with van der Waals surface area (Å²) in [4.78, 5) is 12.2. The zero-order valence-corrected chi connectivity index (χ0v) is 12.0. The summed E-state index contributed by atoms with van der Waals surface area (Å²) in [5.41, 5.74) is 10.0. The van der Waals surface area contributed by atoms with E-state index in [-0.39, 0.29) is 11.9 Å². The highest BCUT2D eigenvalue weighted by Crippen LogP contribution is 2.29. The molecule has 0 radical (unpaired) electrons. The highest BCUT2D eigenvalue weighted by molar-refractivity contribution is 5.79. The summed E-state index contributed by atoms with van der Waals surface area (Å²) in [7, 11) is 0. The lowest BCUT2D eigenvalue weighted by molar-refractivity contribution is -0.121. The summed E-state index contributed by atoms with van der Waals surface area (Å²) in [6, 6.07) is 16.0. The number of rotatable bonds is 3. The van der Waals surface area contributed by atoms with Gasteiger partial charge in [0.05, 0.1) is 12.5 Å². The lowest BCUT2D eigenvalue weighted by atomic mass is 9.87. The van der Waals surface area contributed by atoms with Crippen molar-refractivity contribution in [1.82, 2.24) is 5.32 Å². The molecule has 0 saturated heterocycles. The predicted molar refractivity (Wildman–Crippen MR) is 84.8 cm³/mol. The van der Waals surface area contributed by atoms with E-state index < -0.39 is 0 Å². The molecule has 0 bridgehead atoms. The fraction of sp³-hybridized carbons (Fsp3) is 0.278. The summed E-state index contributed by atoms with van der Waals surface area (Å²) >= 11 is 0. The van der Waals surface area contributed by atoms with Crippen molar-refractivity contribution in [1.29, 1.82) is 0 Å². The minimum Gasteiger partial charge on any atom is -0.399 e. The molecule has 3 rings (SSSR count). The Kier molecular flexibility index (Phi) is 3.91. The van der Waals surface area contributed by atoms with E-state index in [4.69, 9.17) is 5.73 Å². The zero-order valence-electron chi connectivity index (χ0n) is 12.0. The van der Waals surface area contributed by atoms with E-state index in [2.05, 4.69) is 23.5 Å². The number of nitrogens with one attached hydrogen (secondary N) is 1. The van der Waals surface area contributed by atoms with Gasteiger partial charge in [0.15, 0.2) is 0 Å². The number of carbonyl (C=O) groups excluding carboxylic acids is 1. The van der Waals surface area contributed by atoms with Gasteiger partial charge in [0.2, 0.25) is 5.91 Å². The van der Waals surface area contributed by atoms with Crippen LogP contribution in [0.1, 0.15) is 35.6 Å². The Morgan fingerprint density at radius 2 is 1.90 bits per heavy atom. The smallest absolute Gasteiger partial charge is 0.224 e. The maximum absolute atomic E-state index is 12.2. The van der Waals surface area contributed by atoms with Gasteiger partial charge in [-0.25, -0.2) is 0 Å². The normalized spacial score (nSPS) is 17.0. The summed E-state index contributed by atoms with van der Waals surface area (Å²) in [5, 5.41) is 3.17. The third-order valence-electron chi connectivity index (χ3n) is 4.05. The zero-order chi connectivity index (χ0) is 14.7. The van der Waals surface area contributed by atoms with Crippen LogP contribution >= 0.6 is 0 Å². The van der Waals surface area contributed by atoms with Crippen molar-refractivity contribution in [2.75, 3.05) is 5.73 Å². The van der Waals surface area contributed by atoms with Crippen LogP contribution in [0.15, 0.2) is 48.5 Å². The molecule has 3 N–H and O–H groups in total. The third kappa shape index (κ3) is 3.24. The highest BCUT2D eigenvalue weighted by Gasteiger charge is 2.21. The number of hydrogen-bond donors (Lipinski definition) is 2. The standard InChI is InChI=1S/C18H20N2O/c19-15-10-8-13(9-11-15)12-18(21)20-17-7-3-5-14-4-1-2-6-16(14)17/h1-2,4,6,8-11,17H,3,5,7,12,19H2,(H,20,21). The molecule has 1 unspecified atom stereocenters. The SMILES string of the molecule is Nc1ccc(CC(=O)NC2CCCc3ccccc32)cc1. The van der Waals surface area contributed by atoms with Gasteiger partial charge in [0.1, 0.15) is 0 Å². The average Bonchev–Trinajstić information content (AvgIpc) is 2.50. The third-order valence-corrected chi connectivity index (χ3v) is 4.05. The van der Waals surface area contributed by atoms with Crippen molar-refractivity contribution in [3.05, 3.63) is 65.2 Å². The van der Waals surface area contributed by atoms with Gasteiger partial charge in [-0.1, -0.05) is 36.4 Å². The Hall–Kier alpha value is -2.29. The fourth-order valence-electron chi connectivity index (χ4n) is 2.97. The summed E-state index contributed by atoms with van der Waals surface area (Å²) in [6.07, 6.45) is 3.66. The number of carbonyl (C=O) groups is 1. The van der Waals surface area contributed by atoms with Crippen LogP contribution in [0.3, 0.4) is 0 Å². The monoisotopic (exact) mass is 280 g/mol. The minimum atomic E-state index is 0.0708. The Balaban J connectivity index is 1.67. The molecule has 1 atom stereocenters. The van der Waals surface area contributed by atoms with Crippen LogP contribution in [-0.2, 0) is 17.6 Å². The van der Waals surface area contributed by atoms with Crippen LogP contribution in [0.4, 0.5) is 5.69 Å². The van der Waals surface area contributed by atoms with Gasteiger partial charge in [0.25, 0.3) is 0 Å². The van der Waals surface area contributed by atoms with Gasteiger partial charge in [-0.15, -0.1) is 0 Å². The van der Waals surface area contributed by atoms with Crippen molar-refractivity contribution < 1.29 is 4.79 Å². The van der Waals surface area contributed by atoms with Crippen LogP contribution in [0.2, 0.25) is 0 Å². The molecule has 108 valence electrons. The number of amides is 1. The number of hydrogen-bond acceptors (Lipinski definition) is 2. The van der Waals surface area contributed by atoms with E-state index in [0.717, 1.165) is 30.5 Å². The van der Waals surface area contributed by atoms with Gasteiger partial charge in [-0.2, -0.15) is 0 Å². The number of fused-ring (bicyclic) bond motifs is 1. The van der Waals surface area contributed by atoms with Crippen molar-refractivity contribution >= 4 is 11.6 Å². The van der Waals surface area contributed by atoms with Crippen LogP contribution in [-0.4, -0.2) is 5.91 Å². The molecule has 0 spiro atoms. The predicted octanol–water partition coefficient (Wildman–Crippen LogP) is 3.01. The summed E-state index contributed by atoms with van der Waals surface area (Å²) in [6.45, 7) is 0. The second kappa shape index (κ2) is 6.00. The molecule has 2 aromatic carbocycles. The van der Waals surface area contributed by atoms with Gasteiger partial charge in [0, 0.05) is 5.69 Å². The minimum absolute atomic E-state index is 0.0708. The Bertz CT molecular complexity index is 634. The molecule has 2 aromatic rings. The molecule has 1 aliphatic carbocycles. The Morgan fingerprint density at radius 3 is 2.71 bits per heavy atom. The van der Waals surface area contributed by atoms with E-state index >= 15 is 0 Å².